The van der Waals surface area contributed by atoms with Gasteiger partial charge in [0.05, 0.1) is 30.2 Å². The highest BCUT2D eigenvalue weighted by Gasteiger charge is 2.05. The van der Waals surface area contributed by atoms with Gasteiger partial charge >= 0.3 is 5.97 Å². The highest BCUT2D eigenvalue weighted by molar-refractivity contribution is 5.90. The van der Waals surface area contributed by atoms with Crippen molar-refractivity contribution in [1.82, 2.24) is 0 Å². The first-order valence-corrected chi connectivity index (χ1v) is 6.58. The number of nitrogen functional groups attached to an aromatic ring is 1. The van der Waals surface area contributed by atoms with Gasteiger partial charge in [0.2, 0.25) is 0 Å². The van der Waals surface area contributed by atoms with E-state index in [9.17, 15) is 4.79 Å². The first kappa shape index (κ1) is 16.3. The number of nitrogens with two attached hydrogens (primary N) is 1. The largest absolute Gasteiger partial charge is 0.478 e. The molecule has 0 saturated heterocycles. The summed E-state index contributed by atoms with van der Waals surface area (Å²) in [5.41, 5.74) is 7.19. The molecular weight excluding hydrogens is 260 g/mol. The van der Waals surface area contributed by atoms with Crippen molar-refractivity contribution >= 4 is 17.3 Å². The van der Waals surface area contributed by atoms with Gasteiger partial charge in [-0.1, -0.05) is 0 Å². The number of ether oxygens (including phenoxy) is 2. The highest BCUT2D eigenvalue weighted by atomic mass is 16.5. The van der Waals surface area contributed by atoms with Crippen LogP contribution in [0.15, 0.2) is 18.2 Å². The predicted molar refractivity (Wildman–Crippen MR) is 78.2 cm³/mol. The van der Waals surface area contributed by atoms with Crippen LogP contribution in [-0.2, 0) is 9.47 Å². The quantitative estimate of drug-likeness (QED) is 0.448. The number of anilines is 2. The van der Waals surface area contributed by atoms with Crippen LogP contribution in [-0.4, -0.2) is 44.6 Å². The Balaban J connectivity index is 2.20. The number of carbonyl (C=O) groups is 1. The third-order valence-corrected chi connectivity index (χ3v) is 2.76. The Morgan fingerprint density at radius 1 is 1.30 bits per heavy atom. The van der Waals surface area contributed by atoms with Crippen molar-refractivity contribution in [2.75, 3.05) is 44.5 Å². The third kappa shape index (κ3) is 5.90. The first-order chi connectivity index (χ1) is 9.65. The zero-order chi connectivity index (χ0) is 14.8. The van der Waals surface area contributed by atoms with Crippen LogP contribution >= 0.6 is 0 Å². The standard InChI is InChI=1S/C14H22N2O4/c1-19-8-9-20-7-3-2-6-16-13-5-4-11(14(17)18)10-12(13)15/h4-5,10,16H,2-3,6-9,15H2,1H3,(H,17,18). The minimum absolute atomic E-state index is 0.194. The van der Waals surface area contributed by atoms with E-state index in [0.717, 1.165) is 25.1 Å². The van der Waals surface area contributed by atoms with Crippen molar-refractivity contribution in [2.45, 2.75) is 12.8 Å². The van der Waals surface area contributed by atoms with Gasteiger partial charge in [0.25, 0.3) is 0 Å². The first-order valence-electron chi connectivity index (χ1n) is 6.58. The summed E-state index contributed by atoms with van der Waals surface area (Å²) >= 11 is 0. The molecule has 0 spiro atoms. The Hall–Kier alpha value is -1.79. The summed E-state index contributed by atoms with van der Waals surface area (Å²) in [5.74, 6) is -0.976. The molecule has 0 saturated carbocycles. The fourth-order valence-corrected chi connectivity index (χ4v) is 1.65. The van der Waals surface area contributed by atoms with Gasteiger partial charge < -0.3 is 25.6 Å². The van der Waals surface area contributed by atoms with Crippen LogP contribution in [0.5, 0.6) is 0 Å². The molecule has 0 aliphatic heterocycles. The molecule has 6 heteroatoms. The van der Waals surface area contributed by atoms with E-state index in [1.165, 1.54) is 12.1 Å². The molecule has 0 atom stereocenters. The fourth-order valence-electron chi connectivity index (χ4n) is 1.65. The van der Waals surface area contributed by atoms with Gasteiger partial charge in [-0.05, 0) is 31.0 Å². The molecule has 0 aromatic heterocycles. The number of methoxy groups -OCH3 is 1. The summed E-state index contributed by atoms with van der Waals surface area (Å²) in [4.78, 5) is 10.8. The topological polar surface area (TPSA) is 93.8 Å². The average Bonchev–Trinajstić information content (AvgIpc) is 2.43. The molecule has 0 fully saturated rings. The summed E-state index contributed by atoms with van der Waals surface area (Å²) < 4.78 is 10.2. The molecule has 4 N–H and O–H groups in total. The minimum atomic E-state index is -0.976. The fraction of sp³-hybridized carbons (Fsp3) is 0.500. The Bertz CT molecular complexity index is 424. The van der Waals surface area contributed by atoms with Crippen LogP contribution in [0.4, 0.5) is 11.4 Å². The van der Waals surface area contributed by atoms with E-state index >= 15 is 0 Å². The summed E-state index contributed by atoms with van der Waals surface area (Å²) in [7, 11) is 1.65. The Kier molecular flexibility index (Phi) is 7.46. The molecule has 0 amide bonds. The maximum Gasteiger partial charge on any atom is 0.335 e. The van der Waals surface area contributed by atoms with E-state index in [2.05, 4.69) is 5.32 Å². The molecule has 0 aliphatic carbocycles. The normalized spacial score (nSPS) is 10.4. The molecule has 1 aromatic carbocycles. The molecule has 0 unspecified atom stereocenters. The maximum atomic E-state index is 10.8. The van der Waals surface area contributed by atoms with Crippen molar-refractivity contribution in [2.24, 2.45) is 0 Å². The molecule has 6 nitrogen and oxygen atoms in total. The maximum absolute atomic E-state index is 10.8. The van der Waals surface area contributed by atoms with Gasteiger partial charge in [-0.2, -0.15) is 0 Å². The number of rotatable bonds is 10. The van der Waals surface area contributed by atoms with Crippen LogP contribution in [0.2, 0.25) is 0 Å². The van der Waals surface area contributed by atoms with E-state index in [-0.39, 0.29) is 5.56 Å². The zero-order valence-corrected chi connectivity index (χ0v) is 11.7. The van der Waals surface area contributed by atoms with E-state index in [4.69, 9.17) is 20.3 Å². The third-order valence-electron chi connectivity index (χ3n) is 2.76. The zero-order valence-electron chi connectivity index (χ0n) is 11.7. The van der Waals surface area contributed by atoms with Gasteiger partial charge in [-0.25, -0.2) is 4.79 Å². The van der Waals surface area contributed by atoms with Crippen molar-refractivity contribution in [3.8, 4) is 0 Å². The number of nitrogens with one attached hydrogen (secondary N) is 1. The van der Waals surface area contributed by atoms with E-state index in [1.807, 2.05) is 0 Å². The lowest BCUT2D eigenvalue weighted by atomic mass is 10.1. The van der Waals surface area contributed by atoms with Crippen molar-refractivity contribution in [1.29, 1.82) is 0 Å². The number of hydrogen-bond acceptors (Lipinski definition) is 5. The van der Waals surface area contributed by atoms with Crippen LogP contribution in [0.3, 0.4) is 0 Å². The van der Waals surface area contributed by atoms with Gasteiger partial charge in [-0.3, -0.25) is 0 Å². The molecule has 1 aromatic rings. The lowest BCUT2D eigenvalue weighted by Crippen LogP contribution is -2.08. The molecule has 0 radical (unpaired) electrons. The second-order valence-electron chi connectivity index (χ2n) is 4.35. The van der Waals surface area contributed by atoms with Crippen LogP contribution in [0.25, 0.3) is 0 Å². The molecule has 0 aliphatic rings. The summed E-state index contributed by atoms with van der Waals surface area (Å²) in [5, 5.41) is 12.0. The molecule has 0 bridgehead atoms. The van der Waals surface area contributed by atoms with Crippen molar-refractivity contribution in [3.05, 3.63) is 23.8 Å². The number of carboxylic acids is 1. The lowest BCUT2D eigenvalue weighted by Gasteiger charge is -2.10. The summed E-state index contributed by atoms with van der Waals surface area (Å²) in [6.07, 6.45) is 1.90. The van der Waals surface area contributed by atoms with Gasteiger partial charge in [0, 0.05) is 20.3 Å². The lowest BCUT2D eigenvalue weighted by molar-refractivity contribution is 0.0691. The number of unbranched alkanes of at least 4 members (excludes halogenated alkanes) is 1. The van der Waals surface area contributed by atoms with Crippen LogP contribution in [0.1, 0.15) is 23.2 Å². The second-order valence-corrected chi connectivity index (χ2v) is 4.35. The van der Waals surface area contributed by atoms with Crippen molar-refractivity contribution in [3.63, 3.8) is 0 Å². The molecule has 0 heterocycles. The van der Waals surface area contributed by atoms with Gasteiger partial charge in [0.1, 0.15) is 0 Å². The number of hydrogen-bond donors (Lipinski definition) is 3. The van der Waals surface area contributed by atoms with E-state index in [0.29, 0.717) is 25.5 Å². The molecular formula is C14H22N2O4. The van der Waals surface area contributed by atoms with Gasteiger partial charge in [-0.15, -0.1) is 0 Å². The molecule has 20 heavy (non-hydrogen) atoms. The smallest absolute Gasteiger partial charge is 0.335 e. The Morgan fingerprint density at radius 2 is 2.10 bits per heavy atom. The van der Waals surface area contributed by atoms with E-state index < -0.39 is 5.97 Å². The minimum Gasteiger partial charge on any atom is -0.478 e. The van der Waals surface area contributed by atoms with Crippen LogP contribution in [0, 0.1) is 0 Å². The average molecular weight is 282 g/mol. The summed E-state index contributed by atoms with van der Waals surface area (Å²) in [6.45, 7) is 2.71. The Morgan fingerprint density at radius 3 is 2.75 bits per heavy atom. The Labute approximate surface area is 118 Å². The molecule has 1 rings (SSSR count). The molecule has 112 valence electrons. The van der Waals surface area contributed by atoms with Gasteiger partial charge in [0.15, 0.2) is 0 Å². The number of benzene rings is 1. The van der Waals surface area contributed by atoms with Crippen LogP contribution < -0.4 is 11.1 Å². The van der Waals surface area contributed by atoms with E-state index in [1.54, 1.807) is 13.2 Å². The second kappa shape index (κ2) is 9.17. The highest BCUT2D eigenvalue weighted by Crippen LogP contribution is 2.19. The van der Waals surface area contributed by atoms with Crippen molar-refractivity contribution < 1.29 is 19.4 Å². The predicted octanol–water partition coefficient (Wildman–Crippen LogP) is 1.82. The SMILES string of the molecule is COCCOCCCCNc1ccc(C(=O)O)cc1N. The monoisotopic (exact) mass is 282 g/mol. The summed E-state index contributed by atoms with van der Waals surface area (Å²) in [6, 6.07) is 4.68. The number of aromatic carboxylic acids is 1. The number of carboxylic acid groups (broad SMARTS) is 1.